The van der Waals surface area contributed by atoms with Gasteiger partial charge in [-0.3, -0.25) is 0 Å². The summed E-state index contributed by atoms with van der Waals surface area (Å²) in [6.07, 6.45) is 6.70. The molecule has 180 valence electrons. The number of fused-ring (bicyclic) bond motifs is 3. The number of hydrogen-bond acceptors (Lipinski definition) is 3. The fraction of sp³-hybridized carbons (Fsp3) is 0.212. The third kappa shape index (κ3) is 4.87. The number of rotatable bonds is 8. The summed E-state index contributed by atoms with van der Waals surface area (Å²) >= 11 is 0. The van der Waals surface area contributed by atoms with E-state index in [9.17, 15) is 0 Å². The minimum Gasteiger partial charge on any atom is -0.493 e. The van der Waals surface area contributed by atoms with Gasteiger partial charge in [0, 0.05) is 18.0 Å². The molecule has 1 N–H and O–H groups in total. The molecule has 3 unspecified atom stereocenters. The summed E-state index contributed by atoms with van der Waals surface area (Å²) < 4.78 is 12.1. The molecule has 0 saturated heterocycles. The Morgan fingerprint density at radius 2 is 1.44 bits per heavy atom. The van der Waals surface area contributed by atoms with Crippen molar-refractivity contribution in [3.63, 3.8) is 0 Å². The van der Waals surface area contributed by atoms with Gasteiger partial charge in [0.05, 0.1) is 12.6 Å². The summed E-state index contributed by atoms with van der Waals surface area (Å²) in [4.78, 5) is 0. The van der Waals surface area contributed by atoms with Crippen LogP contribution >= 0.6 is 0 Å². The molecule has 0 saturated carbocycles. The zero-order valence-corrected chi connectivity index (χ0v) is 20.3. The van der Waals surface area contributed by atoms with Gasteiger partial charge in [-0.05, 0) is 64.9 Å². The maximum absolute atomic E-state index is 6.14. The van der Waals surface area contributed by atoms with Gasteiger partial charge in [-0.2, -0.15) is 0 Å². The van der Waals surface area contributed by atoms with Gasteiger partial charge < -0.3 is 14.8 Å². The Bertz CT molecular complexity index is 1320. The van der Waals surface area contributed by atoms with E-state index >= 15 is 0 Å². The highest BCUT2D eigenvalue weighted by atomic mass is 16.5. The number of ether oxygens (including phenoxy) is 2. The van der Waals surface area contributed by atoms with Gasteiger partial charge >= 0.3 is 0 Å². The maximum atomic E-state index is 6.14. The van der Waals surface area contributed by atoms with Crippen molar-refractivity contribution < 1.29 is 9.47 Å². The summed E-state index contributed by atoms with van der Waals surface area (Å²) in [6, 6.07) is 36.2. The molecule has 36 heavy (non-hydrogen) atoms. The molecule has 0 amide bonds. The summed E-state index contributed by atoms with van der Waals surface area (Å²) in [5, 5.41) is 3.83. The van der Waals surface area contributed by atoms with Crippen molar-refractivity contribution in [2.24, 2.45) is 5.92 Å². The van der Waals surface area contributed by atoms with E-state index in [1.165, 1.54) is 27.9 Å². The van der Waals surface area contributed by atoms with Gasteiger partial charge in [0.25, 0.3) is 0 Å². The predicted molar refractivity (Wildman–Crippen MR) is 146 cm³/mol. The fourth-order valence-corrected chi connectivity index (χ4v) is 5.44. The van der Waals surface area contributed by atoms with E-state index in [-0.39, 0.29) is 6.04 Å². The van der Waals surface area contributed by atoms with Crippen LogP contribution in [-0.2, 0) is 13.0 Å². The molecule has 1 heterocycles. The van der Waals surface area contributed by atoms with E-state index in [1.807, 2.05) is 24.3 Å². The van der Waals surface area contributed by atoms with Crippen LogP contribution in [-0.4, -0.2) is 6.61 Å². The monoisotopic (exact) mass is 473 g/mol. The zero-order chi connectivity index (χ0) is 24.2. The molecule has 3 nitrogen and oxygen atoms in total. The van der Waals surface area contributed by atoms with E-state index in [2.05, 4.69) is 96.3 Å². The van der Waals surface area contributed by atoms with E-state index in [1.54, 1.807) is 0 Å². The Kier molecular flexibility index (Phi) is 6.45. The van der Waals surface area contributed by atoms with Crippen LogP contribution in [0.1, 0.15) is 40.6 Å². The lowest BCUT2D eigenvalue weighted by atomic mass is 9.77. The van der Waals surface area contributed by atoms with E-state index in [0.717, 1.165) is 24.3 Å². The van der Waals surface area contributed by atoms with Gasteiger partial charge in [-0.1, -0.05) is 84.9 Å². The highest BCUT2D eigenvalue weighted by molar-refractivity contribution is 5.61. The van der Waals surface area contributed by atoms with E-state index in [4.69, 9.17) is 9.47 Å². The first kappa shape index (κ1) is 22.5. The number of anilines is 1. The minimum absolute atomic E-state index is 0.269. The standard InChI is InChI=1S/C33H31NO2/c1-3-8-24(9-4-1)20-21-35-28-18-19-32-31(22-28)29-12-7-13-30(29)33(34-32)26-14-16-27(17-15-26)36-23-25-10-5-2-6-11-25/h1-12,14-19,22,29-30,33-34H,13,20-21,23H2. The number of nitrogens with one attached hydrogen (secondary N) is 1. The Labute approximate surface area is 213 Å². The van der Waals surface area contributed by atoms with Gasteiger partial charge in [-0.25, -0.2) is 0 Å². The first-order valence-corrected chi connectivity index (χ1v) is 12.8. The molecular formula is C33H31NO2. The highest BCUT2D eigenvalue weighted by Gasteiger charge is 2.38. The van der Waals surface area contributed by atoms with Crippen LogP contribution in [0.15, 0.2) is 115 Å². The van der Waals surface area contributed by atoms with Crippen molar-refractivity contribution >= 4 is 5.69 Å². The second-order valence-electron chi connectivity index (χ2n) is 9.65. The van der Waals surface area contributed by atoms with Crippen LogP contribution in [0.4, 0.5) is 5.69 Å². The van der Waals surface area contributed by atoms with Crippen molar-refractivity contribution in [2.45, 2.75) is 31.4 Å². The smallest absolute Gasteiger partial charge is 0.119 e. The van der Waals surface area contributed by atoms with Crippen LogP contribution in [0.25, 0.3) is 0 Å². The number of benzene rings is 4. The Hall–Kier alpha value is -3.98. The fourth-order valence-electron chi connectivity index (χ4n) is 5.44. The molecule has 0 radical (unpaired) electrons. The molecule has 3 heteroatoms. The second kappa shape index (κ2) is 10.3. The van der Waals surface area contributed by atoms with Crippen LogP contribution in [0, 0.1) is 5.92 Å². The molecule has 0 bridgehead atoms. The first-order valence-electron chi connectivity index (χ1n) is 12.8. The molecule has 0 aromatic heterocycles. The third-order valence-corrected chi connectivity index (χ3v) is 7.32. The lowest BCUT2D eigenvalue weighted by molar-refractivity contribution is 0.306. The van der Waals surface area contributed by atoms with Crippen molar-refractivity contribution in [3.8, 4) is 11.5 Å². The van der Waals surface area contributed by atoms with Gasteiger partial charge in [-0.15, -0.1) is 0 Å². The predicted octanol–water partition coefficient (Wildman–Crippen LogP) is 7.71. The molecule has 2 aliphatic rings. The Morgan fingerprint density at radius 3 is 2.22 bits per heavy atom. The third-order valence-electron chi connectivity index (χ3n) is 7.32. The van der Waals surface area contributed by atoms with Crippen molar-refractivity contribution in [3.05, 3.63) is 138 Å². The van der Waals surface area contributed by atoms with Crippen molar-refractivity contribution in [1.82, 2.24) is 0 Å². The van der Waals surface area contributed by atoms with Gasteiger partial charge in [0.1, 0.15) is 18.1 Å². The topological polar surface area (TPSA) is 30.5 Å². The van der Waals surface area contributed by atoms with Crippen molar-refractivity contribution in [2.75, 3.05) is 11.9 Å². The quantitative estimate of drug-likeness (QED) is 0.266. The largest absolute Gasteiger partial charge is 0.493 e. The van der Waals surface area contributed by atoms with Gasteiger partial charge in [0.2, 0.25) is 0 Å². The zero-order valence-electron chi connectivity index (χ0n) is 20.3. The second-order valence-corrected chi connectivity index (χ2v) is 9.65. The Balaban J connectivity index is 1.14. The summed E-state index contributed by atoms with van der Waals surface area (Å²) in [5.41, 5.74) is 6.32. The maximum Gasteiger partial charge on any atom is 0.119 e. The molecule has 1 aliphatic heterocycles. The molecule has 0 fully saturated rings. The van der Waals surface area contributed by atoms with Crippen LogP contribution in [0.3, 0.4) is 0 Å². The van der Waals surface area contributed by atoms with E-state index in [0.29, 0.717) is 25.0 Å². The average Bonchev–Trinajstić information content (AvgIpc) is 3.44. The summed E-state index contributed by atoms with van der Waals surface area (Å²) in [7, 11) is 0. The Morgan fingerprint density at radius 1 is 0.722 bits per heavy atom. The van der Waals surface area contributed by atoms with Crippen molar-refractivity contribution in [1.29, 1.82) is 0 Å². The molecular weight excluding hydrogens is 442 g/mol. The molecule has 4 aromatic rings. The lowest BCUT2D eigenvalue weighted by Gasteiger charge is -2.37. The molecule has 1 aliphatic carbocycles. The van der Waals surface area contributed by atoms with E-state index < -0.39 is 0 Å². The molecule has 4 aromatic carbocycles. The SMILES string of the molecule is C1=CC2c3cc(OCCc4ccccc4)ccc3NC(c3ccc(OCc4ccccc4)cc3)C2C1. The van der Waals surface area contributed by atoms with Crippen LogP contribution in [0.2, 0.25) is 0 Å². The summed E-state index contributed by atoms with van der Waals surface area (Å²) in [5.74, 6) is 2.74. The molecule has 3 atom stereocenters. The highest BCUT2D eigenvalue weighted by Crippen LogP contribution is 2.50. The first-order chi connectivity index (χ1) is 17.8. The minimum atomic E-state index is 0.269. The molecule has 6 rings (SSSR count). The average molecular weight is 474 g/mol. The normalized spacial score (nSPS) is 19.7. The number of hydrogen-bond donors (Lipinski definition) is 1. The lowest BCUT2D eigenvalue weighted by Crippen LogP contribution is -2.29. The summed E-state index contributed by atoms with van der Waals surface area (Å²) in [6.45, 7) is 1.26. The van der Waals surface area contributed by atoms with Crippen LogP contribution in [0.5, 0.6) is 11.5 Å². The number of allylic oxidation sites excluding steroid dienone is 2. The van der Waals surface area contributed by atoms with Crippen LogP contribution < -0.4 is 14.8 Å². The molecule has 0 spiro atoms. The van der Waals surface area contributed by atoms with Gasteiger partial charge in [0.15, 0.2) is 0 Å².